The number of nitrogens with one attached hydrogen (secondary N) is 1. The predicted molar refractivity (Wildman–Crippen MR) is 79.2 cm³/mol. The fourth-order valence-corrected chi connectivity index (χ4v) is 2.24. The van der Waals surface area contributed by atoms with Crippen LogP contribution < -0.4 is 10.1 Å². The molecule has 0 aliphatic rings. The Morgan fingerprint density at radius 3 is 2.79 bits per heavy atom. The topological polar surface area (TPSA) is 38.3 Å². The van der Waals surface area contributed by atoms with Crippen molar-refractivity contribution < 1.29 is 9.53 Å². The summed E-state index contributed by atoms with van der Waals surface area (Å²) in [5.41, 5.74) is 1.63. The van der Waals surface area contributed by atoms with E-state index in [1.807, 2.05) is 25.1 Å². The number of alkyl halides is 1. The first-order valence-electron chi connectivity index (χ1n) is 6.61. The van der Waals surface area contributed by atoms with E-state index in [1.54, 1.807) is 7.11 Å². The van der Waals surface area contributed by atoms with E-state index < -0.39 is 0 Å². The molecule has 1 N–H and O–H groups in total. The maximum Gasteiger partial charge on any atom is 0.255 e. The molecular weight excluding hydrogens is 262 g/mol. The van der Waals surface area contributed by atoms with Crippen LogP contribution in [0.4, 0.5) is 0 Å². The van der Waals surface area contributed by atoms with Crippen molar-refractivity contribution in [1.82, 2.24) is 5.32 Å². The van der Waals surface area contributed by atoms with Crippen molar-refractivity contribution in [3.8, 4) is 5.75 Å². The zero-order chi connectivity index (χ0) is 14.3. The fraction of sp³-hybridized carbons (Fsp3) is 0.533. The van der Waals surface area contributed by atoms with Crippen LogP contribution in [-0.4, -0.2) is 25.4 Å². The van der Waals surface area contributed by atoms with E-state index in [4.69, 9.17) is 16.3 Å². The lowest BCUT2D eigenvalue weighted by molar-refractivity contribution is 0.0943. The third-order valence-electron chi connectivity index (χ3n) is 3.25. The van der Waals surface area contributed by atoms with Crippen LogP contribution in [0.2, 0.25) is 0 Å². The Bertz CT molecular complexity index is 421. The number of rotatable bonds is 7. The van der Waals surface area contributed by atoms with E-state index in [0.717, 1.165) is 18.4 Å². The molecular formula is C15H22ClNO2. The second-order valence-corrected chi connectivity index (χ2v) is 5.04. The SMILES string of the molecule is CCC(CCCl)CNC(=O)c1cc(C)ccc1OC. The number of benzene rings is 1. The van der Waals surface area contributed by atoms with Gasteiger partial charge in [0.2, 0.25) is 0 Å². The Kier molecular flexibility index (Phi) is 6.71. The monoisotopic (exact) mass is 283 g/mol. The fourth-order valence-electron chi connectivity index (χ4n) is 1.94. The smallest absolute Gasteiger partial charge is 0.255 e. The molecule has 0 bridgehead atoms. The maximum atomic E-state index is 12.2. The number of methoxy groups -OCH3 is 1. The standard InChI is InChI=1S/C15H22ClNO2/c1-4-12(7-8-16)10-17-15(18)13-9-11(2)5-6-14(13)19-3/h5-6,9,12H,4,7-8,10H2,1-3H3,(H,17,18). The third-order valence-corrected chi connectivity index (χ3v) is 3.46. The van der Waals surface area contributed by atoms with Gasteiger partial charge in [-0.15, -0.1) is 11.6 Å². The summed E-state index contributed by atoms with van der Waals surface area (Å²) in [7, 11) is 1.57. The van der Waals surface area contributed by atoms with E-state index in [2.05, 4.69) is 12.2 Å². The van der Waals surface area contributed by atoms with Crippen LogP contribution in [0.3, 0.4) is 0 Å². The Morgan fingerprint density at radius 1 is 1.47 bits per heavy atom. The van der Waals surface area contributed by atoms with Crippen LogP contribution in [0, 0.1) is 12.8 Å². The Balaban J connectivity index is 2.69. The van der Waals surface area contributed by atoms with Crippen LogP contribution in [-0.2, 0) is 0 Å². The molecule has 0 radical (unpaired) electrons. The first kappa shape index (κ1) is 15.8. The molecule has 1 aromatic rings. The number of amides is 1. The van der Waals surface area contributed by atoms with Gasteiger partial charge >= 0.3 is 0 Å². The highest BCUT2D eigenvalue weighted by atomic mass is 35.5. The normalized spacial score (nSPS) is 12.0. The lowest BCUT2D eigenvalue weighted by Gasteiger charge is -2.15. The number of halogens is 1. The number of carbonyl (C=O) groups is 1. The molecule has 1 atom stereocenters. The molecule has 1 unspecified atom stereocenters. The lowest BCUT2D eigenvalue weighted by atomic mass is 10.0. The van der Waals surface area contributed by atoms with Crippen molar-refractivity contribution in [2.24, 2.45) is 5.92 Å². The number of hydrogen-bond acceptors (Lipinski definition) is 2. The van der Waals surface area contributed by atoms with E-state index in [0.29, 0.717) is 29.7 Å². The van der Waals surface area contributed by atoms with Crippen LogP contribution >= 0.6 is 11.6 Å². The van der Waals surface area contributed by atoms with Gasteiger partial charge in [0, 0.05) is 12.4 Å². The van der Waals surface area contributed by atoms with Gasteiger partial charge in [-0.3, -0.25) is 4.79 Å². The van der Waals surface area contributed by atoms with E-state index in [1.165, 1.54) is 0 Å². The second-order valence-electron chi connectivity index (χ2n) is 4.67. The first-order chi connectivity index (χ1) is 9.12. The Morgan fingerprint density at radius 2 is 2.21 bits per heavy atom. The average molecular weight is 284 g/mol. The minimum atomic E-state index is -0.0893. The molecule has 106 valence electrons. The molecule has 1 amide bonds. The molecule has 0 aliphatic heterocycles. The summed E-state index contributed by atoms with van der Waals surface area (Å²) in [6.45, 7) is 4.72. The van der Waals surface area contributed by atoms with Gasteiger partial charge in [-0.25, -0.2) is 0 Å². The molecule has 19 heavy (non-hydrogen) atoms. The van der Waals surface area contributed by atoms with Crippen LogP contribution in [0.25, 0.3) is 0 Å². The number of hydrogen-bond donors (Lipinski definition) is 1. The van der Waals surface area contributed by atoms with Crippen molar-refractivity contribution >= 4 is 17.5 Å². The molecule has 0 aliphatic carbocycles. The second kappa shape index (κ2) is 8.05. The molecule has 0 saturated carbocycles. The summed E-state index contributed by atoms with van der Waals surface area (Å²) in [5.74, 6) is 1.57. The highest BCUT2D eigenvalue weighted by Crippen LogP contribution is 2.19. The molecule has 0 spiro atoms. The third kappa shape index (κ3) is 4.75. The maximum absolute atomic E-state index is 12.2. The van der Waals surface area contributed by atoms with Crippen molar-refractivity contribution in [3.63, 3.8) is 0 Å². The van der Waals surface area contributed by atoms with Crippen LogP contribution in [0.5, 0.6) is 5.75 Å². The van der Waals surface area contributed by atoms with Gasteiger partial charge in [-0.1, -0.05) is 25.0 Å². The van der Waals surface area contributed by atoms with Crippen LogP contribution in [0.15, 0.2) is 18.2 Å². The van der Waals surface area contributed by atoms with Crippen molar-refractivity contribution in [2.45, 2.75) is 26.7 Å². The summed E-state index contributed by atoms with van der Waals surface area (Å²) in [6.07, 6.45) is 1.93. The zero-order valence-electron chi connectivity index (χ0n) is 11.8. The summed E-state index contributed by atoms with van der Waals surface area (Å²) >= 11 is 5.74. The number of aryl methyl sites for hydroxylation is 1. The molecule has 0 aromatic heterocycles. The zero-order valence-corrected chi connectivity index (χ0v) is 12.6. The molecule has 1 rings (SSSR count). The van der Waals surface area contributed by atoms with Gasteiger partial charge in [-0.05, 0) is 31.4 Å². The molecule has 0 fully saturated rings. The van der Waals surface area contributed by atoms with Crippen molar-refractivity contribution in [2.75, 3.05) is 19.5 Å². The minimum absolute atomic E-state index is 0.0893. The van der Waals surface area contributed by atoms with Gasteiger partial charge in [0.15, 0.2) is 0 Å². The molecule has 0 heterocycles. The average Bonchev–Trinajstić information content (AvgIpc) is 2.43. The predicted octanol–water partition coefficient (Wildman–Crippen LogP) is 3.39. The van der Waals surface area contributed by atoms with E-state index >= 15 is 0 Å². The molecule has 4 heteroatoms. The van der Waals surface area contributed by atoms with Gasteiger partial charge < -0.3 is 10.1 Å². The van der Waals surface area contributed by atoms with Crippen molar-refractivity contribution in [3.05, 3.63) is 29.3 Å². The van der Waals surface area contributed by atoms with E-state index in [9.17, 15) is 4.79 Å². The highest BCUT2D eigenvalue weighted by molar-refractivity contribution is 6.17. The summed E-state index contributed by atoms with van der Waals surface area (Å²) in [5, 5.41) is 2.96. The van der Waals surface area contributed by atoms with Crippen LogP contribution in [0.1, 0.15) is 35.7 Å². The van der Waals surface area contributed by atoms with Gasteiger partial charge in [0.05, 0.1) is 12.7 Å². The quantitative estimate of drug-likeness (QED) is 0.779. The molecule has 0 saturated heterocycles. The van der Waals surface area contributed by atoms with Gasteiger partial charge in [0.1, 0.15) is 5.75 Å². The highest BCUT2D eigenvalue weighted by Gasteiger charge is 2.14. The summed E-state index contributed by atoms with van der Waals surface area (Å²) < 4.78 is 5.22. The molecule has 3 nitrogen and oxygen atoms in total. The number of ether oxygens (including phenoxy) is 1. The first-order valence-corrected chi connectivity index (χ1v) is 7.14. The minimum Gasteiger partial charge on any atom is -0.496 e. The number of carbonyl (C=O) groups excluding carboxylic acids is 1. The van der Waals surface area contributed by atoms with E-state index in [-0.39, 0.29) is 5.91 Å². The summed E-state index contributed by atoms with van der Waals surface area (Å²) in [4.78, 5) is 12.2. The Hall–Kier alpha value is -1.22. The van der Waals surface area contributed by atoms with Gasteiger partial charge in [-0.2, -0.15) is 0 Å². The molecule has 1 aromatic carbocycles. The largest absolute Gasteiger partial charge is 0.496 e. The van der Waals surface area contributed by atoms with Gasteiger partial charge in [0.25, 0.3) is 5.91 Å². The van der Waals surface area contributed by atoms with Crippen molar-refractivity contribution in [1.29, 1.82) is 0 Å². The lowest BCUT2D eigenvalue weighted by Crippen LogP contribution is -2.29. The summed E-state index contributed by atoms with van der Waals surface area (Å²) in [6, 6.07) is 5.59. The Labute approximate surface area is 120 Å².